The van der Waals surface area contributed by atoms with Crippen LogP contribution in [0.2, 0.25) is 0 Å². The van der Waals surface area contributed by atoms with Gasteiger partial charge in [-0.15, -0.1) is 0 Å². The molecule has 0 aromatic carbocycles. The Bertz CT molecular complexity index is 1030. The molecule has 38 heavy (non-hydrogen) atoms. The van der Waals surface area contributed by atoms with Gasteiger partial charge in [0.25, 0.3) is 0 Å². The first-order valence-electron chi connectivity index (χ1n) is 13.4. The highest BCUT2D eigenvalue weighted by molar-refractivity contribution is 5.94. The Morgan fingerprint density at radius 1 is 1.13 bits per heavy atom. The fraction of sp³-hybridized carbons (Fsp3) is 0.808. The van der Waals surface area contributed by atoms with Gasteiger partial charge in [0.2, 0.25) is 17.7 Å². The lowest BCUT2D eigenvalue weighted by atomic mass is 9.85. The lowest BCUT2D eigenvalue weighted by Gasteiger charge is -2.36. The number of nitriles is 1. The lowest BCUT2D eigenvalue weighted by Crippen LogP contribution is -2.60. The topological polar surface area (TPSA) is 131 Å². The van der Waals surface area contributed by atoms with Crippen LogP contribution in [0, 0.1) is 34.5 Å². The molecule has 12 heteroatoms. The first-order valence-corrected chi connectivity index (χ1v) is 13.4. The number of piperidine rings is 1. The monoisotopic (exact) mass is 539 g/mol. The number of likely N-dealkylation sites (tertiary alicyclic amines) is 1. The first kappa shape index (κ1) is 28.2. The largest absolute Gasteiger partial charge is 0.471 e. The van der Waals surface area contributed by atoms with E-state index < -0.39 is 53.4 Å². The zero-order chi connectivity index (χ0) is 28.0. The highest BCUT2D eigenvalue weighted by atomic mass is 19.4. The molecule has 0 aromatic rings. The third-order valence-corrected chi connectivity index (χ3v) is 8.66. The van der Waals surface area contributed by atoms with E-state index in [2.05, 4.69) is 16.7 Å². The standard InChI is InChI=1S/C26H36F3N5O4/c1-24(2,3)19(32-23(38)26(27,28)29)22(37)34-13-15-5-4-6-17(15)18(34)21(36)31-16(12-30)11-14-7-8-25(9-10-25)33-20(14)35/h14-19H,4-11,13H2,1-3H3,(H,31,36)(H,32,38)(H,33,35)/t14-,15-,16-,17-,18-,19+/m0/s1. The van der Waals surface area contributed by atoms with Crippen LogP contribution in [0.1, 0.15) is 72.1 Å². The second kappa shape index (κ2) is 10.0. The van der Waals surface area contributed by atoms with Gasteiger partial charge in [0.05, 0.1) is 6.07 Å². The number of carbonyl (C=O) groups excluding carboxylic acids is 4. The minimum atomic E-state index is -5.16. The fourth-order valence-corrected chi connectivity index (χ4v) is 6.34. The molecule has 0 radical (unpaired) electrons. The van der Waals surface area contributed by atoms with Gasteiger partial charge in [0.15, 0.2) is 0 Å². The molecule has 0 bridgehead atoms. The van der Waals surface area contributed by atoms with Gasteiger partial charge in [-0.3, -0.25) is 19.2 Å². The van der Waals surface area contributed by atoms with E-state index in [1.807, 2.05) is 5.32 Å². The maximum Gasteiger partial charge on any atom is 0.471 e. The maximum atomic E-state index is 13.6. The zero-order valence-electron chi connectivity index (χ0n) is 22.0. The number of nitrogens with zero attached hydrogens (tertiary/aromatic N) is 2. The Labute approximate surface area is 220 Å². The van der Waals surface area contributed by atoms with Crippen LogP contribution in [0.15, 0.2) is 0 Å². The van der Waals surface area contributed by atoms with Crippen LogP contribution in [0.5, 0.6) is 0 Å². The van der Waals surface area contributed by atoms with E-state index >= 15 is 0 Å². The average molecular weight is 540 g/mol. The average Bonchev–Trinajstić information content (AvgIpc) is 3.23. The third-order valence-electron chi connectivity index (χ3n) is 8.66. The van der Waals surface area contributed by atoms with Crippen LogP contribution in [0.3, 0.4) is 0 Å². The number of rotatable bonds is 6. The summed E-state index contributed by atoms with van der Waals surface area (Å²) in [5, 5.41) is 17.3. The summed E-state index contributed by atoms with van der Waals surface area (Å²) < 4.78 is 39.1. The molecular weight excluding hydrogens is 503 g/mol. The number of nitrogens with one attached hydrogen (secondary N) is 3. The number of amides is 4. The maximum absolute atomic E-state index is 13.6. The Morgan fingerprint density at radius 2 is 1.82 bits per heavy atom. The van der Waals surface area contributed by atoms with Gasteiger partial charge in [-0.2, -0.15) is 18.4 Å². The van der Waals surface area contributed by atoms with Gasteiger partial charge in [0, 0.05) is 18.0 Å². The third kappa shape index (κ3) is 5.76. The van der Waals surface area contributed by atoms with Crippen LogP contribution >= 0.6 is 0 Å². The molecule has 2 aliphatic heterocycles. The van der Waals surface area contributed by atoms with Crippen molar-refractivity contribution in [3.05, 3.63) is 0 Å². The van der Waals surface area contributed by atoms with Crippen LogP contribution in [-0.2, 0) is 19.2 Å². The van der Waals surface area contributed by atoms with E-state index in [4.69, 9.17) is 0 Å². The normalized spacial score (nSPS) is 29.6. The number of halogens is 3. The summed E-state index contributed by atoms with van der Waals surface area (Å²) in [7, 11) is 0. The number of carbonyl (C=O) groups is 4. The molecule has 4 amide bonds. The van der Waals surface area contributed by atoms with E-state index in [0.29, 0.717) is 12.8 Å². The predicted molar refractivity (Wildman–Crippen MR) is 129 cm³/mol. The van der Waals surface area contributed by atoms with Crippen LogP contribution < -0.4 is 16.0 Å². The van der Waals surface area contributed by atoms with E-state index in [1.165, 1.54) is 4.90 Å². The van der Waals surface area contributed by atoms with Crippen LogP contribution in [0.4, 0.5) is 13.2 Å². The van der Waals surface area contributed by atoms with E-state index in [9.17, 15) is 37.6 Å². The number of hydrogen-bond acceptors (Lipinski definition) is 5. The van der Waals surface area contributed by atoms with Crippen molar-refractivity contribution in [3.8, 4) is 6.07 Å². The second-order valence-electron chi connectivity index (χ2n) is 12.5. The van der Waals surface area contributed by atoms with Crippen molar-refractivity contribution in [2.45, 2.75) is 102 Å². The molecule has 9 nitrogen and oxygen atoms in total. The van der Waals surface area contributed by atoms with Crippen molar-refractivity contribution in [1.82, 2.24) is 20.9 Å². The molecule has 2 saturated heterocycles. The summed E-state index contributed by atoms with van der Waals surface area (Å²) in [5.41, 5.74) is -1.15. The molecule has 2 heterocycles. The molecular formula is C26H36F3N5O4. The van der Waals surface area contributed by atoms with E-state index in [0.717, 1.165) is 32.1 Å². The number of alkyl halides is 3. The Morgan fingerprint density at radius 3 is 2.37 bits per heavy atom. The Balaban J connectivity index is 1.49. The van der Waals surface area contributed by atoms with Crippen molar-refractivity contribution in [1.29, 1.82) is 5.26 Å². The van der Waals surface area contributed by atoms with Crippen molar-refractivity contribution < 1.29 is 32.3 Å². The Hall–Kier alpha value is -2.84. The van der Waals surface area contributed by atoms with E-state index in [1.54, 1.807) is 20.8 Å². The van der Waals surface area contributed by atoms with Gasteiger partial charge >= 0.3 is 12.1 Å². The molecule has 0 aromatic heterocycles. The molecule has 2 aliphatic carbocycles. The highest BCUT2D eigenvalue weighted by Crippen LogP contribution is 2.45. The lowest BCUT2D eigenvalue weighted by molar-refractivity contribution is -0.176. The molecule has 4 aliphatic rings. The van der Waals surface area contributed by atoms with E-state index in [-0.39, 0.29) is 36.2 Å². The smallest absolute Gasteiger partial charge is 0.350 e. The molecule has 210 valence electrons. The SMILES string of the molecule is CC(C)(C)[C@H](NC(=O)C(F)(F)F)C(=O)N1C[C@@H]2CCC[C@@H]2[C@H]1C(=O)N[C@H](C#N)C[C@@H]1CCC2(CC2)NC1=O. The van der Waals surface area contributed by atoms with Gasteiger partial charge in [-0.05, 0) is 62.2 Å². The molecule has 4 fully saturated rings. The highest BCUT2D eigenvalue weighted by Gasteiger charge is 2.53. The molecule has 1 spiro atoms. The molecule has 0 unspecified atom stereocenters. The van der Waals surface area contributed by atoms with Gasteiger partial charge in [-0.25, -0.2) is 0 Å². The number of fused-ring (bicyclic) bond motifs is 1. The minimum absolute atomic E-state index is 0.00743. The summed E-state index contributed by atoms with van der Waals surface area (Å²) in [6.07, 6.45) is 0.670. The van der Waals surface area contributed by atoms with Crippen LogP contribution in [-0.4, -0.2) is 64.9 Å². The summed E-state index contributed by atoms with van der Waals surface area (Å²) in [6, 6.07) is -1.36. The zero-order valence-corrected chi connectivity index (χ0v) is 22.0. The summed E-state index contributed by atoms with van der Waals surface area (Å²) in [6.45, 7) is 4.83. The number of hydrogen-bond donors (Lipinski definition) is 3. The van der Waals surface area contributed by atoms with Crippen molar-refractivity contribution in [2.24, 2.45) is 23.2 Å². The van der Waals surface area contributed by atoms with Gasteiger partial charge < -0.3 is 20.9 Å². The first-order chi connectivity index (χ1) is 17.6. The summed E-state index contributed by atoms with van der Waals surface area (Å²) in [4.78, 5) is 52.8. The summed E-state index contributed by atoms with van der Waals surface area (Å²) >= 11 is 0. The van der Waals surface area contributed by atoms with Gasteiger partial charge in [0.1, 0.15) is 18.1 Å². The summed E-state index contributed by atoms with van der Waals surface area (Å²) in [5.74, 6) is -4.23. The molecule has 3 N–H and O–H groups in total. The molecule has 4 rings (SSSR count). The van der Waals surface area contributed by atoms with Crippen LogP contribution in [0.25, 0.3) is 0 Å². The minimum Gasteiger partial charge on any atom is -0.350 e. The van der Waals surface area contributed by atoms with Crippen molar-refractivity contribution in [2.75, 3.05) is 6.54 Å². The van der Waals surface area contributed by atoms with Crippen molar-refractivity contribution >= 4 is 23.6 Å². The predicted octanol–water partition coefficient (Wildman–Crippen LogP) is 2.16. The fourth-order valence-electron chi connectivity index (χ4n) is 6.34. The van der Waals surface area contributed by atoms with Gasteiger partial charge in [-0.1, -0.05) is 27.2 Å². The molecule has 2 saturated carbocycles. The molecule has 6 atom stereocenters. The quantitative estimate of drug-likeness (QED) is 0.476. The Kier molecular flexibility index (Phi) is 7.45. The second-order valence-corrected chi connectivity index (χ2v) is 12.5. The van der Waals surface area contributed by atoms with Crippen molar-refractivity contribution in [3.63, 3.8) is 0 Å².